The Morgan fingerprint density at radius 1 is 1.55 bits per heavy atom. The van der Waals surface area contributed by atoms with Crippen LogP contribution in [0.2, 0.25) is 0 Å². The minimum atomic E-state index is -0.245. The predicted molar refractivity (Wildman–Crippen MR) is 46.5 cm³/mol. The second kappa shape index (κ2) is 2.76. The molecule has 0 amide bonds. The van der Waals surface area contributed by atoms with Gasteiger partial charge in [-0.3, -0.25) is 4.90 Å². The van der Waals surface area contributed by atoms with Gasteiger partial charge in [-0.15, -0.1) is 0 Å². The quantitative estimate of drug-likeness (QED) is 0.652. The minimum absolute atomic E-state index is 0.0440. The first-order valence-electron chi connectivity index (χ1n) is 4.41. The first kappa shape index (κ1) is 9.01. The molecule has 2 nitrogen and oxygen atoms in total. The van der Waals surface area contributed by atoms with E-state index in [2.05, 4.69) is 25.7 Å². The second-order valence-corrected chi connectivity index (χ2v) is 4.16. The monoisotopic (exact) mass is 157 g/mol. The van der Waals surface area contributed by atoms with Crippen molar-refractivity contribution in [1.29, 1.82) is 0 Å². The topological polar surface area (TPSA) is 23.5 Å². The van der Waals surface area contributed by atoms with E-state index >= 15 is 0 Å². The molecule has 1 heterocycles. The van der Waals surface area contributed by atoms with Crippen LogP contribution in [-0.2, 0) is 0 Å². The van der Waals surface area contributed by atoms with Crippen LogP contribution in [0.5, 0.6) is 0 Å². The van der Waals surface area contributed by atoms with Crippen molar-refractivity contribution in [2.75, 3.05) is 6.54 Å². The Kier molecular flexibility index (Phi) is 2.26. The summed E-state index contributed by atoms with van der Waals surface area (Å²) in [6.45, 7) is 9.43. The summed E-state index contributed by atoms with van der Waals surface area (Å²) in [5.41, 5.74) is -0.0440. The minimum Gasteiger partial charge on any atom is -0.392 e. The summed E-state index contributed by atoms with van der Waals surface area (Å²) < 4.78 is 0. The van der Waals surface area contributed by atoms with Crippen molar-refractivity contribution in [3.05, 3.63) is 0 Å². The lowest BCUT2D eigenvalue weighted by atomic mass is 9.89. The second-order valence-electron chi connectivity index (χ2n) is 4.16. The molecule has 66 valence electrons. The Bertz CT molecular complexity index is 142. The van der Waals surface area contributed by atoms with Gasteiger partial charge in [0.15, 0.2) is 0 Å². The van der Waals surface area contributed by atoms with Gasteiger partial charge in [-0.2, -0.15) is 0 Å². The fourth-order valence-corrected chi connectivity index (χ4v) is 1.61. The van der Waals surface area contributed by atoms with Crippen molar-refractivity contribution < 1.29 is 5.11 Å². The van der Waals surface area contributed by atoms with Gasteiger partial charge in [-0.05, 0) is 34.1 Å². The smallest absolute Gasteiger partial charge is 0.0690 e. The number of likely N-dealkylation sites (tertiary alicyclic amines) is 1. The Morgan fingerprint density at radius 2 is 2.09 bits per heavy atom. The molecule has 2 atom stereocenters. The van der Waals surface area contributed by atoms with E-state index in [4.69, 9.17) is 0 Å². The van der Waals surface area contributed by atoms with Gasteiger partial charge in [0.25, 0.3) is 0 Å². The van der Waals surface area contributed by atoms with E-state index in [1.54, 1.807) is 0 Å². The standard InChI is InChI=1S/C9H19NO/c1-7-5-6-10(7)9(3,4)8(2)11/h7-8,11H,5-6H2,1-4H3. The molecule has 1 aliphatic heterocycles. The maximum Gasteiger partial charge on any atom is 0.0690 e. The molecule has 1 aliphatic rings. The van der Waals surface area contributed by atoms with Crippen molar-refractivity contribution in [2.24, 2.45) is 0 Å². The Labute approximate surface area is 69.2 Å². The lowest BCUT2D eigenvalue weighted by Crippen LogP contribution is -2.61. The fourth-order valence-electron chi connectivity index (χ4n) is 1.61. The highest BCUT2D eigenvalue weighted by Crippen LogP contribution is 2.29. The van der Waals surface area contributed by atoms with Gasteiger partial charge in [0, 0.05) is 18.1 Å². The van der Waals surface area contributed by atoms with Crippen molar-refractivity contribution in [3.63, 3.8) is 0 Å². The van der Waals surface area contributed by atoms with E-state index in [9.17, 15) is 5.11 Å². The third kappa shape index (κ3) is 1.42. The normalized spacial score (nSPS) is 29.7. The van der Waals surface area contributed by atoms with E-state index in [-0.39, 0.29) is 11.6 Å². The van der Waals surface area contributed by atoms with Gasteiger partial charge < -0.3 is 5.11 Å². The molecular weight excluding hydrogens is 138 g/mol. The number of nitrogens with zero attached hydrogens (tertiary/aromatic N) is 1. The van der Waals surface area contributed by atoms with E-state index in [1.807, 2.05) is 6.92 Å². The number of aliphatic hydroxyl groups is 1. The highest BCUT2D eigenvalue weighted by Gasteiger charge is 2.39. The van der Waals surface area contributed by atoms with Gasteiger partial charge in [-0.25, -0.2) is 0 Å². The van der Waals surface area contributed by atoms with Crippen LogP contribution in [0, 0.1) is 0 Å². The molecule has 1 N–H and O–H groups in total. The van der Waals surface area contributed by atoms with Gasteiger partial charge in [-0.1, -0.05) is 0 Å². The third-order valence-corrected chi connectivity index (χ3v) is 3.08. The molecule has 2 heteroatoms. The van der Waals surface area contributed by atoms with Crippen LogP contribution in [0.3, 0.4) is 0 Å². The summed E-state index contributed by atoms with van der Waals surface area (Å²) in [5, 5.41) is 9.49. The molecule has 11 heavy (non-hydrogen) atoms. The largest absolute Gasteiger partial charge is 0.392 e. The van der Waals surface area contributed by atoms with Crippen LogP contribution in [0.4, 0.5) is 0 Å². The summed E-state index contributed by atoms with van der Waals surface area (Å²) >= 11 is 0. The number of hydrogen-bond donors (Lipinski definition) is 1. The Hall–Kier alpha value is -0.0800. The first-order valence-corrected chi connectivity index (χ1v) is 4.41. The molecule has 1 saturated heterocycles. The molecule has 1 fully saturated rings. The van der Waals surface area contributed by atoms with Crippen molar-refractivity contribution >= 4 is 0 Å². The highest BCUT2D eigenvalue weighted by atomic mass is 16.3. The molecule has 1 rings (SSSR count). The molecule has 0 saturated carbocycles. The fraction of sp³-hybridized carbons (Fsp3) is 1.00. The van der Waals surface area contributed by atoms with E-state index in [0.29, 0.717) is 6.04 Å². The van der Waals surface area contributed by atoms with Crippen LogP contribution in [0.1, 0.15) is 34.1 Å². The SMILES string of the molecule is CC1CCN1C(C)(C)C(C)O. The van der Waals surface area contributed by atoms with E-state index in [0.717, 1.165) is 6.54 Å². The molecule has 0 aromatic carbocycles. The van der Waals surface area contributed by atoms with Gasteiger partial charge in [0.1, 0.15) is 0 Å². The maximum absolute atomic E-state index is 9.49. The Balaban J connectivity index is 2.57. The van der Waals surface area contributed by atoms with Crippen LogP contribution < -0.4 is 0 Å². The summed E-state index contributed by atoms with van der Waals surface area (Å²) in [6.07, 6.45) is 1.03. The van der Waals surface area contributed by atoms with Gasteiger partial charge >= 0.3 is 0 Å². The summed E-state index contributed by atoms with van der Waals surface area (Å²) in [4.78, 5) is 2.36. The molecule has 0 aromatic rings. The predicted octanol–water partition coefficient (Wildman–Crippen LogP) is 1.24. The summed E-state index contributed by atoms with van der Waals surface area (Å²) in [6, 6.07) is 0.652. The summed E-state index contributed by atoms with van der Waals surface area (Å²) in [7, 11) is 0. The Morgan fingerprint density at radius 3 is 2.18 bits per heavy atom. The molecule has 0 bridgehead atoms. The molecular formula is C9H19NO. The number of rotatable bonds is 2. The first-order chi connectivity index (χ1) is 4.96. The van der Waals surface area contributed by atoms with E-state index < -0.39 is 0 Å². The van der Waals surface area contributed by atoms with Crippen molar-refractivity contribution in [3.8, 4) is 0 Å². The van der Waals surface area contributed by atoms with Crippen LogP contribution in [0.15, 0.2) is 0 Å². The third-order valence-electron chi connectivity index (χ3n) is 3.08. The average Bonchev–Trinajstić information content (AvgIpc) is 1.83. The van der Waals surface area contributed by atoms with Crippen LogP contribution >= 0.6 is 0 Å². The zero-order valence-electron chi connectivity index (χ0n) is 7.96. The van der Waals surface area contributed by atoms with Crippen LogP contribution in [-0.4, -0.2) is 34.2 Å². The zero-order chi connectivity index (χ0) is 8.65. The average molecular weight is 157 g/mol. The number of aliphatic hydroxyl groups excluding tert-OH is 1. The molecule has 0 spiro atoms. The molecule has 0 radical (unpaired) electrons. The highest BCUT2D eigenvalue weighted by molar-refractivity contribution is 4.94. The lowest BCUT2D eigenvalue weighted by molar-refractivity contribution is -0.0651. The van der Waals surface area contributed by atoms with E-state index in [1.165, 1.54) is 6.42 Å². The molecule has 0 aliphatic carbocycles. The van der Waals surface area contributed by atoms with Gasteiger partial charge in [0.2, 0.25) is 0 Å². The number of hydrogen-bond acceptors (Lipinski definition) is 2. The van der Waals surface area contributed by atoms with Gasteiger partial charge in [0.05, 0.1) is 6.10 Å². The molecule has 2 unspecified atom stereocenters. The van der Waals surface area contributed by atoms with Crippen molar-refractivity contribution in [2.45, 2.75) is 51.8 Å². The summed E-state index contributed by atoms with van der Waals surface area (Å²) in [5.74, 6) is 0. The molecule has 0 aromatic heterocycles. The van der Waals surface area contributed by atoms with Crippen molar-refractivity contribution in [1.82, 2.24) is 4.90 Å². The zero-order valence-corrected chi connectivity index (χ0v) is 7.96. The maximum atomic E-state index is 9.49. The lowest BCUT2D eigenvalue weighted by Gasteiger charge is -2.51. The van der Waals surface area contributed by atoms with Crippen LogP contribution in [0.25, 0.3) is 0 Å².